The van der Waals surface area contributed by atoms with Crippen molar-refractivity contribution < 1.29 is 14.6 Å². The third kappa shape index (κ3) is 5.39. The smallest absolute Gasteiger partial charge is 0.161 e. The highest BCUT2D eigenvalue weighted by Crippen LogP contribution is 2.30. The molecule has 0 spiro atoms. The predicted octanol–water partition coefficient (Wildman–Crippen LogP) is 2.91. The number of methoxy groups -OCH3 is 1. The van der Waals surface area contributed by atoms with E-state index >= 15 is 0 Å². The van der Waals surface area contributed by atoms with Gasteiger partial charge < -0.3 is 19.9 Å². The van der Waals surface area contributed by atoms with Gasteiger partial charge in [-0.3, -0.25) is 0 Å². The summed E-state index contributed by atoms with van der Waals surface area (Å²) >= 11 is 0. The SMILES string of the molecule is CCCNC(C)c1ccc(OCCC(C)O)c(OC)c1. The summed E-state index contributed by atoms with van der Waals surface area (Å²) in [6, 6.07) is 6.27. The number of ether oxygens (including phenoxy) is 2. The fraction of sp³-hybridized carbons (Fsp3) is 0.625. The van der Waals surface area contributed by atoms with Gasteiger partial charge in [-0.1, -0.05) is 13.0 Å². The van der Waals surface area contributed by atoms with Crippen molar-refractivity contribution in [1.29, 1.82) is 0 Å². The Kier molecular flexibility index (Phi) is 7.41. The van der Waals surface area contributed by atoms with E-state index in [9.17, 15) is 5.11 Å². The summed E-state index contributed by atoms with van der Waals surface area (Å²) in [5.74, 6) is 1.46. The van der Waals surface area contributed by atoms with Crippen LogP contribution in [-0.2, 0) is 0 Å². The molecule has 2 unspecified atom stereocenters. The van der Waals surface area contributed by atoms with Crippen LogP contribution >= 0.6 is 0 Å². The Balaban J connectivity index is 2.69. The quantitative estimate of drug-likeness (QED) is 0.731. The Labute approximate surface area is 122 Å². The first-order valence-electron chi connectivity index (χ1n) is 7.30. The van der Waals surface area contributed by atoms with Crippen LogP contribution in [0.25, 0.3) is 0 Å². The van der Waals surface area contributed by atoms with Crippen LogP contribution in [0.2, 0.25) is 0 Å². The molecule has 2 atom stereocenters. The Morgan fingerprint density at radius 1 is 1.25 bits per heavy atom. The number of hydrogen-bond acceptors (Lipinski definition) is 4. The van der Waals surface area contributed by atoms with Gasteiger partial charge in [0.15, 0.2) is 11.5 Å². The molecule has 2 N–H and O–H groups in total. The number of hydrogen-bond donors (Lipinski definition) is 2. The molecule has 0 bridgehead atoms. The first-order chi connectivity index (χ1) is 9.58. The second-order valence-corrected chi connectivity index (χ2v) is 5.07. The number of rotatable bonds is 9. The number of benzene rings is 1. The van der Waals surface area contributed by atoms with Gasteiger partial charge in [0.1, 0.15) is 0 Å². The van der Waals surface area contributed by atoms with Gasteiger partial charge in [0.25, 0.3) is 0 Å². The zero-order valence-corrected chi connectivity index (χ0v) is 13.0. The minimum Gasteiger partial charge on any atom is -0.493 e. The molecule has 1 aromatic rings. The lowest BCUT2D eigenvalue weighted by Crippen LogP contribution is -2.19. The van der Waals surface area contributed by atoms with Gasteiger partial charge in [0, 0.05) is 12.5 Å². The molecule has 0 heterocycles. The zero-order valence-electron chi connectivity index (χ0n) is 13.0. The maximum atomic E-state index is 9.24. The summed E-state index contributed by atoms with van der Waals surface area (Å²) in [4.78, 5) is 0. The van der Waals surface area contributed by atoms with Crippen LogP contribution in [0.4, 0.5) is 0 Å². The van der Waals surface area contributed by atoms with Crippen molar-refractivity contribution in [3.05, 3.63) is 23.8 Å². The van der Waals surface area contributed by atoms with E-state index in [2.05, 4.69) is 19.2 Å². The molecule has 1 rings (SSSR count). The van der Waals surface area contributed by atoms with E-state index in [0.29, 0.717) is 13.0 Å². The highest BCUT2D eigenvalue weighted by Gasteiger charge is 2.10. The Morgan fingerprint density at radius 2 is 2.00 bits per heavy atom. The molecule has 20 heavy (non-hydrogen) atoms. The standard InChI is InChI=1S/C16H27NO3/c1-5-9-17-13(3)14-6-7-15(16(11-14)19-4)20-10-8-12(2)18/h6-7,11-13,17-18H,5,8-10H2,1-4H3. The van der Waals surface area contributed by atoms with Crippen LogP contribution in [0.5, 0.6) is 11.5 Å². The zero-order chi connectivity index (χ0) is 15.0. The number of aliphatic hydroxyl groups excluding tert-OH is 1. The van der Waals surface area contributed by atoms with E-state index in [1.54, 1.807) is 14.0 Å². The monoisotopic (exact) mass is 281 g/mol. The lowest BCUT2D eigenvalue weighted by molar-refractivity contribution is 0.154. The van der Waals surface area contributed by atoms with Gasteiger partial charge in [-0.25, -0.2) is 0 Å². The van der Waals surface area contributed by atoms with E-state index in [1.165, 1.54) is 5.56 Å². The van der Waals surface area contributed by atoms with Gasteiger partial charge >= 0.3 is 0 Å². The highest BCUT2D eigenvalue weighted by molar-refractivity contribution is 5.43. The molecule has 0 aromatic heterocycles. The van der Waals surface area contributed by atoms with Gasteiger partial charge in [-0.2, -0.15) is 0 Å². The summed E-state index contributed by atoms with van der Waals surface area (Å²) in [5.41, 5.74) is 1.18. The first-order valence-corrected chi connectivity index (χ1v) is 7.30. The van der Waals surface area contributed by atoms with Crippen molar-refractivity contribution in [3.8, 4) is 11.5 Å². The molecule has 0 aliphatic rings. The maximum Gasteiger partial charge on any atom is 0.161 e. The van der Waals surface area contributed by atoms with Gasteiger partial charge in [0.2, 0.25) is 0 Å². The van der Waals surface area contributed by atoms with Crippen molar-refractivity contribution in [2.45, 2.75) is 45.8 Å². The molecule has 0 aliphatic carbocycles. The van der Waals surface area contributed by atoms with Crippen LogP contribution < -0.4 is 14.8 Å². The third-order valence-corrected chi connectivity index (χ3v) is 3.18. The van der Waals surface area contributed by atoms with Crippen molar-refractivity contribution >= 4 is 0 Å². The van der Waals surface area contributed by atoms with E-state index in [1.807, 2.05) is 18.2 Å². The molecule has 4 nitrogen and oxygen atoms in total. The predicted molar refractivity (Wildman–Crippen MR) is 81.5 cm³/mol. The van der Waals surface area contributed by atoms with Crippen molar-refractivity contribution in [3.63, 3.8) is 0 Å². The van der Waals surface area contributed by atoms with Crippen LogP contribution in [0, 0.1) is 0 Å². The molecular formula is C16H27NO3. The van der Waals surface area contributed by atoms with Gasteiger partial charge in [0.05, 0.1) is 19.8 Å². The molecule has 0 fully saturated rings. The van der Waals surface area contributed by atoms with E-state index in [-0.39, 0.29) is 12.1 Å². The normalized spacial score (nSPS) is 13.8. The molecule has 114 valence electrons. The molecular weight excluding hydrogens is 254 g/mol. The maximum absolute atomic E-state index is 9.24. The van der Waals surface area contributed by atoms with Crippen LogP contribution in [0.3, 0.4) is 0 Å². The number of aliphatic hydroxyl groups is 1. The van der Waals surface area contributed by atoms with Crippen molar-refractivity contribution in [1.82, 2.24) is 5.32 Å². The van der Waals surface area contributed by atoms with Crippen LogP contribution in [0.15, 0.2) is 18.2 Å². The number of nitrogens with one attached hydrogen (secondary N) is 1. The molecule has 0 aliphatic heterocycles. The summed E-state index contributed by atoms with van der Waals surface area (Å²) in [7, 11) is 1.64. The summed E-state index contributed by atoms with van der Waals surface area (Å²) < 4.78 is 11.0. The lowest BCUT2D eigenvalue weighted by Gasteiger charge is -2.17. The van der Waals surface area contributed by atoms with E-state index in [0.717, 1.165) is 24.5 Å². The Morgan fingerprint density at radius 3 is 2.60 bits per heavy atom. The largest absolute Gasteiger partial charge is 0.493 e. The molecule has 0 saturated carbocycles. The molecule has 0 saturated heterocycles. The van der Waals surface area contributed by atoms with Gasteiger partial charge in [-0.05, 0) is 44.5 Å². The fourth-order valence-corrected chi connectivity index (χ4v) is 1.89. The first kappa shape index (κ1) is 16.8. The molecule has 4 heteroatoms. The summed E-state index contributed by atoms with van der Waals surface area (Å²) in [6.45, 7) is 7.52. The van der Waals surface area contributed by atoms with Crippen LogP contribution in [0.1, 0.15) is 45.2 Å². The van der Waals surface area contributed by atoms with Crippen LogP contribution in [-0.4, -0.2) is 31.5 Å². The second-order valence-electron chi connectivity index (χ2n) is 5.07. The highest BCUT2D eigenvalue weighted by atomic mass is 16.5. The van der Waals surface area contributed by atoms with E-state index < -0.39 is 0 Å². The van der Waals surface area contributed by atoms with Gasteiger partial charge in [-0.15, -0.1) is 0 Å². The minimum absolute atomic E-state index is 0.287. The summed E-state index contributed by atoms with van der Waals surface area (Å²) in [5, 5.41) is 12.7. The lowest BCUT2D eigenvalue weighted by atomic mass is 10.1. The third-order valence-electron chi connectivity index (χ3n) is 3.18. The molecule has 0 radical (unpaired) electrons. The average Bonchev–Trinajstić information content (AvgIpc) is 2.44. The minimum atomic E-state index is -0.349. The Hall–Kier alpha value is -1.26. The van der Waals surface area contributed by atoms with Crippen molar-refractivity contribution in [2.24, 2.45) is 0 Å². The topological polar surface area (TPSA) is 50.7 Å². The van der Waals surface area contributed by atoms with E-state index in [4.69, 9.17) is 9.47 Å². The Bertz CT molecular complexity index is 393. The fourth-order valence-electron chi connectivity index (χ4n) is 1.89. The molecule has 1 aromatic carbocycles. The molecule has 0 amide bonds. The second kappa shape index (κ2) is 8.82. The average molecular weight is 281 g/mol. The van der Waals surface area contributed by atoms with Crippen molar-refractivity contribution in [2.75, 3.05) is 20.3 Å². The summed E-state index contributed by atoms with van der Waals surface area (Å²) in [6.07, 6.45) is 1.38.